The standard InChI is InChI=1S/C13H17N5O/c1-17(2)13(19)12-8-10(4-6-14-12)15-9-11-5-7-18(3)16-11/h4-8H,9H2,1-3H3,(H,14,15). The highest BCUT2D eigenvalue weighted by Crippen LogP contribution is 2.10. The molecule has 19 heavy (non-hydrogen) atoms. The Morgan fingerprint density at radius 3 is 2.84 bits per heavy atom. The van der Waals surface area contributed by atoms with Gasteiger partial charge < -0.3 is 10.2 Å². The molecule has 0 atom stereocenters. The zero-order chi connectivity index (χ0) is 13.8. The summed E-state index contributed by atoms with van der Waals surface area (Å²) in [6.45, 7) is 0.612. The van der Waals surface area contributed by atoms with Crippen LogP contribution in [-0.4, -0.2) is 39.7 Å². The van der Waals surface area contributed by atoms with E-state index in [0.717, 1.165) is 11.4 Å². The smallest absolute Gasteiger partial charge is 0.272 e. The van der Waals surface area contributed by atoms with Gasteiger partial charge in [0, 0.05) is 39.2 Å². The van der Waals surface area contributed by atoms with Gasteiger partial charge in [-0.15, -0.1) is 0 Å². The first-order valence-corrected chi connectivity index (χ1v) is 5.96. The summed E-state index contributed by atoms with van der Waals surface area (Å²) in [6.07, 6.45) is 3.52. The average Bonchev–Trinajstić information content (AvgIpc) is 2.81. The first-order valence-electron chi connectivity index (χ1n) is 5.96. The molecule has 1 amide bonds. The maximum atomic E-state index is 11.8. The number of hydrogen-bond donors (Lipinski definition) is 1. The zero-order valence-corrected chi connectivity index (χ0v) is 11.3. The summed E-state index contributed by atoms with van der Waals surface area (Å²) in [5.41, 5.74) is 2.22. The van der Waals surface area contributed by atoms with E-state index >= 15 is 0 Å². The number of nitrogens with zero attached hydrogens (tertiary/aromatic N) is 4. The van der Waals surface area contributed by atoms with E-state index in [9.17, 15) is 4.79 Å². The van der Waals surface area contributed by atoms with Crippen LogP contribution in [0, 0.1) is 0 Å². The molecule has 0 aromatic carbocycles. The molecule has 0 saturated heterocycles. The fourth-order valence-corrected chi connectivity index (χ4v) is 1.64. The normalized spacial score (nSPS) is 10.3. The Morgan fingerprint density at radius 1 is 1.42 bits per heavy atom. The number of rotatable bonds is 4. The van der Waals surface area contributed by atoms with Crippen molar-refractivity contribution in [1.82, 2.24) is 19.7 Å². The highest BCUT2D eigenvalue weighted by Gasteiger charge is 2.09. The molecule has 100 valence electrons. The summed E-state index contributed by atoms with van der Waals surface area (Å²) in [4.78, 5) is 17.4. The van der Waals surface area contributed by atoms with Gasteiger partial charge in [0.25, 0.3) is 5.91 Å². The maximum Gasteiger partial charge on any atom is 0.272 e. The van der Waals surface area contributed by atoms with Crippen LogP contribution in [-0.2, 0) is 13.6 Å². The number of hydrogen-bond acceptors (Lipinski definition) is 4. The lowest BCUT2D eigenvalue weighted by atomic mass is 10.3. The lowest BCUT2D eigenvalue weighted by molar-refractivity contribution is 0.0822. The number of aromatic nitrogens is 3. The monoisotopic (exact) mass is 259 g/mol. The second kappa shape index (κ2) is 5.51. The van der Waals surface area contributed by atoms with Crippen molar-refractivity contribution in [3.63, 3.8) is 0 Å². The number of anilines is 1. The topological polar surface area (TPSA) is 63.1 Å². The molecule has 0 aliphatic rings. The van der Waals surface area contributed by atoms with Crippen LogP contribution in [0.1, 0.15) is 16.2 Å². The lowest BCUT2D eigenvalue weighted by Gasteiger charge is -2.10. The summed E-state index contributed by atoms with van der Waals surface area (Å²) < 4.78 is 1.75. The Balaban J connectivity index is 2.05. The largest absolute Gasteiger partial charge is 0.379 e. The molecule has 0 spiro atoms. The first-order chi connectivity index (χ1) is 9.06. The van der Waals surface area contributed by atoms with Crippen LogP contribution < -0.4 is 5.32 Å². The Kier molecular flexibility index (Phi) is 3.79. The van der Waals surface area contributed by atoms with Gasteiger partial charge in [0.15, 0.2) is 0 Å². The Labute approximate surface area is 112 Å². The number of amides is 1. The van der Waals surface area contributed by atoms with Gasteiger partial charge in [0.2, 0.25) is 0 Å². The molecule has 1 N–H and O–H groups in total. The Hall–Kier alpha value is -2.37. The van der Waals surface area contributed by atoms with Gasteiger partial charge in [-0.3, -0.25) is 14.5 Å². The van der Waals surface area contributed by atoms with Crippen LogP contribution in [0.5, 0.6) is 0 Å². The predicted octanol–water partition coefficient (Wildman–Crippen LogP) is 1.13. The third-order valence-electron chi connectivity index (χ3n) is 2.63. The van der Waals surface area contributed by atoms with Crippen LogP contribution in [0.25, 0.3) is 0 Å². The van der Waals surface area contributed by atoms with Crippen molar-refractivity contribution in [2.24, 2.45) is 7.05 Å². The molecule has 0 aliphatic carbocycles. The highest BCUT2D eigenvalue weighted by molar-refractivity contribution is 5.92. The van der Waals surface area contributed by atoms with E-state index in [1.807, 2.05) is 25.4 Å². The third-order valence-corrected chi connectivity index (χ3v) is 2.63. The molecule has 0 unspecified atom stereocenters. The van der Waals surface area contributed by atoms with Crippen molar-refractivity contribution < 1.29 is 4.79 Å². The molecule has 0 fully saturated rings. The van der Waals surface area contributed by atoms with Crippen molar-refractivity contribution in [3.8, 4) is 0 Å². The van der Waals surface area contributed by atoms with Crippen molar-refractivity contribution >= 4 is 11.6 Å². The quantitative estimate of drug-likeness (QED) is 0.894. The average molecular weight is 259 g/mol. The van der Waals surface area contributed by atoms with Crippen LogP contribution in [0.4, 0.5) is 5.69 Å². The molecule has 2 rings (SSSR count). The van der Waals surface area contributed by atoms with Crippen molar-refractivity contribution in [1.29, 1.82) is 0 Å². The summed E-state index contributed by atoms with van der Waals surface area (Å²) >= 11 is 0. The predicted molar refractivity (Wildman–Crippen MR) is 72.8 cm³/mol. The third kappa shape index (κ3) is 3.31. The molecule has 6 nitrogen and oxygen atoms in total. The van der Waals surface area contributed by atoms with E-state index in [1.165, 1.54) is 4.90 Å². The number of carbonyl (C=O) groups is 1. The van der Waals surface area contributed by atoms with Gasteiger partial charge in [0.05, 0.1) is 12.2 Å². The fraction of sp³-hybridized carbons (Fsp3) is 0.308. The van der Waals surface area contributed by atoms with E-state index in [1.54, 1.807) is 31.0 Å². The minimum Gasteiger partial charge on any atom is -0.379 e. The molecule has 2 aromatic heterocycles. The van der Waals surface area contributed by atoms with Crippen LogP contribution in [0.2, 0.25) is 0 Å². The van der Waals surface area contributed by atoms with Crippen molar-refractivity contribution in [2.75, 3.05) is 19.4 Å². The summed E-state index contributed by atoms with van der Waals surface area (Å²) in [5.74, 6) is -0.110. The Morgan fingerprint density at radius 2 is 2.21 bits per heavy atom. The first kappa shape index (κ1) is 13.1. The van der Waals surface area contributed by atoms with E-state index in [2.05, 4.69) is 15.4 Å². The highest BCUT2D eigenvalue weighted by atomic mass is 16.2. The molecule has 0 bridgehead atoms. The lowest BCUT2D eigenvalue weighted by Crippen LogP contribution is -2.22. The van der Waals surface area contributed by atoms with E-state index < -0.39 is 0 Å². The van der Waals surface area contributed by atoms with Crippen LogP contribution >= 0.6 is 0 Å². The van der Waals surface area contributed by atoms with E-state index in [-0.39, 0.29) is 5.91 Å². The fourth-order valence-electron chi connectivity index (χ4n) is 1.64. The minimum absolute atomic E-state index is 0.110. The van der Waals surface area contributed by atoms with Gasteiger partial charge in [-0.1, -0.05) is 0 Å². The van der Waals surface area contributed by atoms with Crippen LogP contribution in [0.3, 0.4) is 0 Å². The molecule has 0 saturated carbocycles. The van der Waals surface area contributed by atoms with Gasteiger partial charge in [0.1, 0.15) is 5.69 Å². The molecular weight excluding hydrogens is 242 g/mol. The summed E-state index contributed by atoms with van der Waals surface area (Å²) in [5, 5.41) is 7.50. The second-order valence-electron chi connectivity index (χ2n) is 4.46. The number of carbonyl (C=O) groups excluding carboxylic acids is 1. The summed E-state index contributed by atoms with van der Waals surface area (Å²) in [7, 11) is 5.29. The molecule has 2 aromatic rings. The van der Waals surface area contributed by atoms with Gasteiger partial charge in [-0.25, -0.2) is 0 Å². The van der Waals surface area contributed by atoms with Gasteiger partial charge in [-0.2, -0.15) is 5.10 Å². The zero-order valence-electron chi connectivity index (χ0n) is 11.3. The van der Waals surface area contributed by atoms with Crippen molar-refractivity contribution in [2.45, 2.75) is 6.54 Å². The SMILES string of the molecule is CN(C)C(=O)c1cc(NCc2ccn(C)n2)ccn1. The van der Waals surface area contributed by atoms with Crippen LogP contribution in [0.15, 0.2) is 30.6 Å². The molecule has 2 heterocycles. The van der Waals surface area contributed by atoms with E-state index in [4.69, 9.17) is 0 Å². The number of aryl methyl sites for hydroxylation is 1. The number of pyridine rings is 1. The van der Waals surface area contributed by atoms with Gasteiger partial charge in [-0.05, 0) is 18.2 Å². The summed E-state index contributed by atoms with van der Waals surface area (Å²) in [6, 6.07) is 5.51. The molecule has 6 heteroatoms. The van der Waals surface area contributed by atoms with Gasteiger partial charge >= 0.3 is 0 Å². The number of nitrogens with one attached hydrogen (secondary N) is 1. The van der Waals surface area contributed by atoms with E-state index in [0.29, 0.717) is 12.2 Å². The van der Waals surface area contributed by atoms with Crippen molar-refractivity contribution in [3.05, 3.63) is 42.0 Å². The molecule has 0 radical (unpaired) electrons. The molecular formula is C13H17N5O. The minimum atomic E-state index is -0.110. The Bertz CT molecular complexity index is 576. The second-order valence-corrected chi connectivity index (χ2v) is 4.46. The molecule has 0 aliphatic heterocycles. The maximum absolute atomic E-state index is 11.8.